The summed E-state index contributed by atoms with van der Waals surface area (Å²) in [5.74, 6) is 0.164. The van der Waals surface area contributed by atoms with Gasteiger partial charge in [-0.1, -0.05) is 30.4 Å². The normalized spacial score (nSPS) is 16.9. The van der Waals surface area contributed by atoms with E-state index in [1.807, 2.05) is 36.9 Å². The average Bonchev–Trinajstić information content (AvgIpc) is 2.78. The zero-order chi connectivity index (χ0) is 13.1. The molecule has 1 amide bonds. The van der Waals surface area contributed by atoms with Gasteiger partial charge in [0.05, 0.1) is 0 Å². The third-order valence-corrected chi connectivity index (χ3v) is 3.22. The second-order valence-electron chi connectivity index (χ2n) is 4.87. The number of benzene rings is 1. The van der Waals surface area contributed by atoms with Crippen LogP contribution in [-0.4, -0.2) is 29.9 Å². The molecule has 0 aromatic heterocycles. The van der Waals surface area contributed by atoms with Crippen LogP contribution in [-0.2, 0) is 11.2 Å². The highest BCUT2D eigenvalue weighted by molar-refractivity contribution is 5.87. The summed E-state index contributed by atoms with van der Waals surface area (Å²) in [5.41, 5.74) is 3.32. The Labute approximate surface area is 108 Å². The number of fused-ring (bicyclic) bond motifs is 1. The largest absolute Gasteiger partial charge is 0.373 e. The SMILES string of the molecule is C=C(C)CN(CC)C(=O)[C@@H]1Cc2ccccc2N1. The third kappa shape index (κ3) is 2.55. The van der Waals surface area contributed by atoms with E-state index < -0.39 is 0 Å². The predicted molar refractivity (Wildman–Crippen MR) is 74.6 cm³/mol. The van der Waals surface area contributed by atoms with E-state index in [4.69, 9.17) is 0 Å². The molecule has 1 aromatic carbocycles. The number of nitrogens with one attached hydrogen (secondary N) is 1. The summed E-state index contributed by atoms with van der Waals surface area (Å²) in [5, 5.41) is 3.30. The Bertz CT molecular complexity index is 442. The van der Waals surface area contributed by atoms with Crippen LogP contribution in [0.15, 0.2) is 36.4 Å². The van der Waals surface area contributed by atoms with E-state index in [0.717, 1.165) is 24.2 Å². The topological polar surface area (TPSA) is 32.3 Å². The van der Waals surface area contributed by atoms with Crippen molar-refractivity contribution in [2.75, 3.05) is 18.4 Å². The molecule has 0 radical (unpaired) electrons. The maximum absolute atomic E-state index is 12.4. The highest BCUT2D eigenvalue weighted by atomic mass is 16.2. The fourth-order valence-electron chi connectivity index (χ4n) is 2.34. The number of amides is 1. The molecule has 1 N–H and O–H groups in total. The molecule has 18 heavy (non-hydrogen) atoms. The quantitative estimate of drug-likeness (QED) is 0.825. The lowest BCUT2D eigenvalue weighted by Crippen LogP contribution is -2.42. The van der Waals surface area contributed by atoms with Gasteiger partial charge in [-0.05, 0) is 25.5 Å². The van der Waals surface area contributed by atoms with Crippen molar-refractivity contribution in [1.82, 2.24) is 4.90 Å². The van der Waals surface area contributed by atoms with E-state index >= 15 is 0 Å². The van der Waals surface area contributed by atoms with E-state index in [1.165, 1.54) is 5.56 Å². The Hall–Kier alpha value is -1.77. The van der Waals surface area contributed by atoms with E-state index in [2.05, 4.69) is 18.0 Å². The molecule has 2 rings (SSSR count). The zero-order valence-electron chi connectivity index (χ0n) is 11.1. The zero-order valence-corrected chi connectivity index (χ0v) is 11.1. The van der Waals surface area contributed by atoms with Gasteiger partial charge in [-0.15, -0.1) is 0 Å². The second-order valence-corrected chi connectivity index (χ2v) is 4.87. The molecule has 1 aliphatic heterocycles. The van der Waals surface area contributed by atoms with Crippen molar-refractivity contribution in [2.24, 2.45) is 0 Å². The van der Waals surface area contributed by atoms with Crippen LogP contribution in [0.3, 0.4) is 0 Å². The summed E-state index contributed by atoms with van der Waals surface area (Å²) in [6.45, 7) is 9.20. The predicted octanol–water partition coefficient (Wildman–Crippen LogP) is 2.45. The molecule has 3 nitrogen and oxygen atoms in total. The van der Waals surface area contributed by atoms with Gasteiger partial charge in [0.2, 0.25) is 5.91 Å². The van der Waals surface area contributed by atoms with Gasteiger partial charge in [-0.2, -0.15) is 0 Å². The summed E-state index contributed by atoms with van der Waals surface area (Å²) >= 11 is 0. The van der Waals surface area contributed by atoms with Crippen LogP contribution in [0, 0.1) is 0 Å². The fraction of sp³-hybridized carbons (Fsp3) is 0.400. The Balaban J connectivity index is 2.06. The maximum atomic E-state index is 12.4. The molecule has 0 fully saturated rings. The van der Waals surface area contributed by atoms with Gasteiger partial charge in [0.25, 0.3) is 0 Å². The first-order valence-corrected chi connectivity index (χ1v) is 6.39. The maximum Gasteiger partial charge on any atom is 0.245 e. The lowest BCUT2D eigenvalue weighted by Gasteiger charge is -2.24. The van der Waals surface area contributed by atoms with Gasteiger partial charge in [-0.3, -0.25) is 4.79 Å². The summed E-state index contributed by atoms with van der Waals surface area (Å²) in [6.07, 6.45) is 0.779. The number of likely N-dealkylation sites (N-methyl/N-ethyl adjacent to an activating group) is 1. The van der Waals surface area contributed by atoms with Crippen LogP contribution in [0.2, 0.25) is 0 Å². The van der Waals surface area contributed by atoms with Crippen molar-refractivity contribution in [3.05, 3.63) is 42.0 Å². The fourth-order valence-corrected chi connectivity index (χ4v) is 2.34. The highest BCUT2D eigenvalue weighted by Crippen LogP contribution is 2.26. The van der Waals surface area contributed by atoms with Crippen molar-refractivity contribution >= 4 is 11.6 Å². The molecular formula is C15H20N2O. The van der Waals surface area contributed by atoms with Gasteiger partial charge in [-0.25, -0.2) is 0 Å². The number of hydrogen-bond acceptors (Lipinski definition) is 2. The van der Waals surface area contributed by atoms with Crippen LogP contribution in [0.25, 0.3) is 0 Å². The number of carbonyl (C=O) groups excluding carboxylic acids is 1. The molecule has 96 valence electrons. The third-order valence-electron chi connectivity index (χ3n) is 3.22. The van der Waals surface area contributed by atoms with Crippen LogP contribution in [0.1, 0.15) is 19.4 Å². The van der Waals surface area contributed by atoms with E-state index in [0.29, 0.717) is 6.54 Å². The Morgan fingerprint density at radius 2 is 2.22 bits per heavy atom. The highest BCUT2D eigenvalue weighted by Gasteiger charge is 2.29. The van der Waals surface area contributed by atoms with Crippen molar-refractivity contribution in [3.8, 4) is 0 Å². The van der Waals surface area contributed by atoms with Crippen LogP contribution in [0.4, 0.5) is 5.69 Å². The van der Waals surface area contributed by atoms with Crippen molar-refractivity contribution in [1.29, 1.82) is 0 Å². The average molecular weight is 244 g/mol. The first-order valence-electron chi connectivity index (χ1n) is 6.39. The van der Waals surface area contributed by atoms with Crippen LogP contribution < -0.4 is 5.32 Å². The molecular weight excluding hydrogens is 224 g/mol. The molecule has 0 spiro atoms. The molecule has 0 saturated heterocycles. The molecule has 1 aromatic rings. The molecule has 3 heteroatoms. The van der Waals surface area contributed by atoms with E-state index in [9.17, 15) is 4.79 Å². The minimum Gasteiger partial charge on any atom is -0.373 e. The van der Waals surface area contributed by atoms with E-state index in [-0.39, 0.29) is 11.9 Å². The van der Waals surface area contributed by atoms with Gasteiger partial charge in [0, 0.05) is 25.2 Å². The molecule has 1 heterocycles. The number of anilines is 1. The monoisotopic (exact) mass is 244 g/mol. The Morgan fingerprint density at radius 3 is 2.83 bits per heavy atom. The lowest BCUT2D eigenvalue weighted by molar-refractivity contribution is -0.131. The minimum atomic E-state index is -0.123. The van der Waals surface area contributed by atoms with Gasteiger partial charge in [0.15, 0.2) is 0 Å². The summed E-state index contributed by atoms with van der Waals surface area (Å²) < 4.78 is 0. The number of carbonyl (C=O) groups is 1. The Kier molecular flexibility index (Phi) is 3.70. The van der Waals surface area contributed by atoms with E-state index in [1.54, 1.807) is 0 Å². The first-order chi connectivity index (χ1) is 8.61. The number of hydrogen-bond donors (Lipinski definition) is 1. The first kappa shape index (κ1) is 12.7. The van der Waals surface area contributed by atoms with Crippen molar-refractivity contribution in [3.63, 3.8) is 0 Å². The molecule has 0 aliphatic carbocycles. The molecule has 0 bridgehead atoms. The van der Waals surface area contributed by atoms with Crippen LogP contribution >= 0.6 is 0 Å². The van der Waals surface area contributed by atoms with Crippen LogP contribution in [0.5, 0.6) is 0 Å². The molecule has 1 aliphatic rings. The Morgan fingerprint density at radius 1 is 1.50 bits per heavy atom. The molecule has 1 atom stereocenters. The van der Waals surface area contributed by atoms with Gasteiger partial charge >= 0.3 is 0 Å². The van der Waals surface area contributed by atoms with Crippen molar-refractivity contribution in [2.45, 2.75) is 26.3 Å². The molecule has 0 unspecified atom stereocenters. The summed E-state index contributed by atoms with van der Waals surface area (Å²) in [4.78, 5) is 14.3. The summed E-state index contributed by atoms with van der Waals surface area (Å²) in [6, 6.07) is 7.98. The smallest absolute Gasteiger partial charge is 0.245 e. The standard InChI is InChI=1S/C15H20N2O/c1-4-17(10-11(2)3)15(18)14-9-12-7-5-6-8-13(12)16-14/h5-8,14,16H,2,4,9-10H2,1,3H3/t14-/m0/s1. The number of para-hydroxylation sites is 1. The number of rotatable bonds is 4. The lowest BCUT2D eigenvalue weighted by atomic mass is 10.1. The number of nitrogens with zero attached hydrogens (tertiary/aromatic N) is 1. The van der Waals surface area contributed by atoms with Gasteiger partial charge < -0.3 is 10.2 Å². The minimum absolute atomic E-state index is 0.123. The summed E-state index contributed by atoms with van der Waals surface area (Å²) in [7, 11) is 0. The second kappa shape index (κ2) is 5.25. The van der Waals surface area contributed by atoms with Crippen molar-refractivity contribution < 1.29 is 4.79 Å². The molecule has 0 saturated carbocycles. The van der Waals surface area contributed by atoms with Gasteiger partial charge in [0.1, 0.15) is 6.04 Å².